The predicted molar refractivity (Wildman–Crippen MR) is 88.8 cm³/mol. The zero-order chi connectivity index (χ0) is 15.2. The Morgan fingerprint density at radius 2 is 2.14 bits per heavy atom. The Balaban J connectivity index is 2.07. The van der Waals surface area contributed by atoms with E-state index < -0.39 is 0 Å². The van der Waals surface area contributed by atoms with Gasteiger partial charge in [0.05, 0.1) is 6.61 Å². The van der Waals surface area contributed by atoms with Crippen molar-refractivity contribution in [3.05, 3.63) is 34.9 Å². The van der Waals surface area contributed by atoms with Crippen molar-refractivity contribution < 1.29 is 4.74 Å². The maximum atomic E-state index is 5.30. The van der Waals surface area contributed by atoms with Gasteiger partial charge in [0.1, 0.15) is 0 Å². The number of nitrogens with zero attached hydrogens (tertiary/aromatic N) is 1. The van der Waals surface area contributed by atoms with Crippen molar-refractivity contribution in [3.8, 4) is 0 Å². The van der Waals surface area contributed by atoms with Crippen LogP contribution >= 0.6 is 0 Å². The third kappa shape index (κ3) is 4.53. The molecule has 1 fully saturated rings. The van der Waals surface area contributed by atoms with Gasteiger partial charge < -0.3 is 10.1 Å². The van der Waals surface area contributed by atoms with E-state index >= 15 is 0 Å². The van der Waals surface area contributed by atoms with Crippen LogP contribution in [0.5, 0.6) is 0 Å². The lowest BCUT2D eigenvalue weighted by molar-refractivity contribution is 0.118. The molecule has 1 heterocycles. The molecule has 118 valence electrons. The normalized spacial score (nSPS) is 20.1. The minimum atomic E-state index is 0.432. The van der Waals surface area contributed by atoms with Crippen molar-refractivity contribution in [3.63, 3.8) is 0 Å². The van der Waals surface area contributed by atoms with E-state index in [1.54, 1.807) is 7.11 Å². The van der Waals surface area contributed by atoms with Gasteiger partial charge in [-0.15, -0.1) is 0 Å². The molecule has 0 spiro atoms. The highest BCUT2D eigenvalue weighted by Crippen LogP contribution is 2.23. The number of nitrogens with one attached hydrogen (secondary N) is 1. The minimum Gasteiger partial charge on any atom is -0.383 e. The average molecular weight is 290 g/mol. The van der Waals surface area contributed by atoms with Crippen molar-refractivity contribution in [2.45, 2.75) is 45.7 Å². The van der Waals surface area contributed by atoms with Crippen LogP contribution in [0.15, 0.2) is 18.2 Å². The Morgan fingerprint density at radius 1 is 1.33 bits per heavy atom. The second kappa shape index (κ2) is 7.92. The number of benzene rings is 1. The van der Waals surface area contributed by atoms with Gasteiger partial charge >= 0.3 is 0 Å². The van der Waals surface area contributed by atoms with E-state index in [2.05, 4.69) is 49.2 Å². The Morgan fingerprint density at radius 3 is 2.76 bits per heavy atom. The van der Waals surface area contributed by atoms with E-state index in [1.807, 2.05) is 0 Å². The maximum Gasteiger partial charge on any atom is 0.0589 e. The molecule has 2 atom stereocenters. The van der Waals surface area contributed by atoms with Gasteiger partial charge in [0.15, 0.2) is 0 Å². The molecular weight excluding hydrogens is 260 g/mol. The molecule has 1 aliphatic rings. The van der Waals surface area contributed by atoms with Gasteiger partial charge in [0.2, 0.25) is 0 Å². The lowest BCUT2D eigenvalue weighted by Crippen LogP contribution is -2.40. The maximum absolute atomic E-state index is 5.30. The van der Waals surface area contributed by atoms with Crippen LogP contribution < -0.4 is 5.32 Å². The summed E-state index contributed by atoms with van der Waals surface area (Å²) in [6.07, 6.45) is 2.60. The molecule has 1 saturated heterocycles. The molecule has 1 N–H and O–H groups in total. The molecule has 2 unspecified atom stereocenters. The van der Waals surface area contributed by atoms with Crippen LogP contribution in [-0.4, -0.2) is 44.3 Å². The second-order valence-electron chi connectivity index (χ2n) is 6.30. The molecule has 1 aromatic carbocycles. The van der Waals surface area contributed by atoms with Crippen LogP contribution in [0.2, 0.25) is 0 Å². The Kier molecular flexibility index (Phi) is 6.22. The number of rotatable bonds is 7. The Hall–Kier alpha value is -0.900. The smallest absolute Gasteiger partial charge is 0.0589 e. The fraction of sp³-hybridized carbons (Fsp3) is 0.667. The first-order valence-corrected chi connectivity index (χ1v) is 8.15. The summed E-state index contributed by atoms with van der Waals surface area (Å²) >= 11 is 0. The van der Waals surface area contributed by atoms with Crippen molar-refractivity contribution in [1.82, 2.24) is 10.2 Å². The number of ether oxygens (including phenoxy) is 1. The molecule has 21 heavy (non-hydrogen) atoms. The molecule has 0 aliphatic carbocycles. The number of hydrogen-bond acceptors (Lipinski definition) is 3. The van der Waals surface area contributed by atoms with Gasteiger partial charge in [-0.25, -0.2) is 0 Å². The van der Waals surface area contributed by atoms with E-state index in [9.17, 15) is 0 Å². The molecule has 3 heteroatoms. The van der Waals surface area contributed by atoms with Gasteiger partial charge in [-0.3, -0.25) is 4.90 Å². The lowest BCUT2D eigenvalue weighted by atomic mass is 10.0. The number of aryl methyl sites for hydroxylation is 2. The van der Waals surface area contributed by atoms with E-state index in [4.69, 9.17) is 4.74 Å². The summed E-state index contributed by atoms with van der Waals surface area (Å²) in [5.41, 5.74) is 4.16. The molecule has 1 aromatic rings. The van der Waals surface area contributed by atoms with Crippen molar-refractivity contribution in [2.24, 2.45) is 0 Å². The molecule has 1 aliphatic heterocycles. The first-order valence-electron chi connectivity index (χ1n) is 8.15. The van der Waals surface area contributed by atoms with E-state index in [0.29, 0.717) is 12.1 Å². The fourth-order valence-corrected chi connectivity index (χ4v) is 3.08. The topological polar surface area (TPSA) is 24.5 Å². The molecule has 3 nitrogen and oxygen atoms in total. The zero-order valence-electron chi connectivity index (χ0n) is 14.0. The molecule has 0 aromatic heterocycles. The SMILES string of the molecule is COCCN(CC1CCCN1)C(C)c1ccc(C)c(C)c1. The van der Waals surface area contributed by atoms with Crippen LogP contribution in [0.25, 0.3) is 0 Å². The van der Waals surface area contributed by atoms with Gasteiger partial charge in [0, 0.05) is 32.3 Å². The second-order valence-corrected chi connectivity index (χ2v) is 6.30. The molecule has 0 amide bonds. The molecule has 0 saturated carbocycles. The van der Waals surface area contributed by atoms with Crippen molar-refractivity contribution in [1.29, 1.82) is 0 Å². The quantitative estimate of drug-likeness (QED) is 0.835. The molecule has 0 radical (unpaired) electrons. The largest absolute Gasteiger partial charge is 0.383 e. The summed E-state index contributed by atoms with van der Waals surface area (Å²) in [6.45, 7) is 10.7. The molecule has 0 bridgehead atoms. The highest BCUT2D eigenvalue weighted by molar-refractivity contribution is 5.31. The predicted octanol–water partition coefficient (Wildman–Crippen LogP) is 3.06. The summed E-state index contributed by atoms with van der Waals surface area (Å²) in [7, 11) is 1.78. The monoisotopic (exact) mass is 290 g/mol. The Labute approximate surface area is 129 Å². The third-order valence-electron chi connectivity index (χ3n) is 4.76. The zero-order valence-corrected chi connectivity index (χ0v) is 14.0. The number of hydrogen-bond donors (Lipinski definition) is 1. The van der Waals surface area contributed by atoms with Crippen molar-refractivity contribution >= 4 is 0 Å². The van der Waals surface area contributed by atoms with Crippen molar-refractivity contribution in [2.75, 3.05) is 33.4 Å². The van der Waals surface area contributed by atoms with Crippen LogP contribution in [0.4, 0.5) is 0 Å². The van der Waals surface area contributed by atoms with Gasteiger partial charge in [-0.2, -0.15) is 0 Å². The summed E-state index contributed by atoms with van der Waals surface area (Å²) in [5, 5.41) is 3.61. The Bertz CT molecular complexity index is 441. The molecule has 2 rings (SSSR count). The van der Waals surface area contributed by atoms with Crippen LogP contribution in [0.3, 0.4) is 0 Å². The summed E-state index contributed by atoms with van der Waals surface area (Å²) in [6, 6.07) is 7.91. The van der Waals surface area contributed by atoms with E-state index in [0.717, 1.165) is 19.7 Å². The fourth-order valence-electron chi connectivity index (χ4n) is 3.08. The minimum absolute atomic E-state index is 0.432. The summed E-state index contributed by atoms with van der Waals surface area (Å²) < 4.78 is 5.30. The van der Waals surface area contributed by atoms with Gasteiger partial charge in [-0.1, -0.05) is 18.2 Å². The highest BCUT2D eigenvalue weighted by Gasteiger charge is 2.22. The molecular formula is C18H30N2O. The summed E-state index contributed by atoms with van der Waals surface area (Å²) in [5.74, 6) is 0. The lowest BCUT2D eigenvalue weighted by Gasteiger charge is -2.32. The highest BCUT2D eigenvalue weighted by atomic mass is 16.5. The summed E-state index contributed by atoms with van der Waals surface area (Å²) in [4.78, 5) is 2.55. The van der Waals surface area contributed by atoms with E-state index in [-0.39, 0.29) is 0 Å². The van der Waals surface area contributed by atoms with Gasteiger partial charge in [-0.05, 0) is 56.8 Å². The first kappa shape index (κ1) is 16.5. The average Bonchev–Trinajstić information content (AvgIpc) is 2.98. The van der Waals surface area contributed by atoms with E-state index in [1.165, 1.54) is 36.1 Å². The third-order valence-corrected chi connectivity index (χ3v) is 4.76. The van der Waals surface area contributed by atoms with Crippen LogP contribution in [0.1, 0.15) is 42.5 Å². The standard InChI is InChI=1S/C18H30N2O/c1-14-7-8-17(12-15(14)2)16(3)20(10-11-21-4)13-18-6-5-9-19-18/h7-8,12,16,18-19H,5-6,9-11,13H2,1-4H3. The first-order chi connectivity index (χ1) is 10.1. The van der Waals surface area contributed by atoms with Gasteiger partial charge in [0.25, 0.3) is 0 Å². The van der Waals surface area contributed by atoms with Crippen LogP contribution in [-0.2, 0) is 4.74 Å². The number of methoxy groups -OCH3 is 1. The van der Waals surface area contributed by atoms with Crippen LogP contribution in [0, 0.1) is 13.8 Å².